The van der Waals surface area contributed by atoms with Crippen molar-refractivity contribution in [2.24, 2.45) is 0 Å². The number of rotatable bonds is 1. The van der Waals surface area contributed by atoms with Gasteiger partial charge in [0.05, 0.1) is 23.4 Å². The number of anilines is 1. The van der Waals surface area contributed by atoms with Crippen molar-refractivity contribution in [3.05, 3.63) is 52.8 Å². The molecular weight excluding hydrogens is 484 g/mol. The third-order valence-corrected chi connectivity index (χ3v) is 7.59. The lowest BCUT2D eigenvalue weighted by molar-refractivity contribution is -0.123. The van der Waals surface area contributed by atoms with Crippen LogP contribution < -0.4 is 15.0 Å². The Labute approximate surface area is 230 Å². The average molecular weight is 525 g/mol. The molecule has 6 rings (SSSR count). The highest BCUT2D eigenvalue weighted by Gasteiger charge is 2.34. The van der Waals surface area contributed by atoms with Crippen LogP contribution in [0.3, 0.4) is 0 Å². The first kappa shape index (κ1) is 18.6. The number of aryl methyl sites for hydroxylation is 1. The molecule has 1 saturated heterocycles. The minimum absolute atomic E-state index is 0.0272. The molecule has 38 heavy (non-hydrogen) atoms. The summed E-state index contributed by atoms with van der Waals surface area (Å²) < 4.78 is 55.8. The molecule has 2 bridgehead atoms. The maximum atomic E-state index is 14.2. The van der Waals surface area contributed by atoms with E-state index >= 15 is 0 Å². The van der Waals surface area contributed by atoms with Crippen molar-refractivity contribution in [1.29, 1.82) is 0 Å². The zero-order valence-electron chi connectivity index (χ0n) is 26.9. The number of ether oxygens (including phenoxy) is 1. The van der Waals surface area contributed by atoms with Crippen molar-refractivity contribution in [3.8, 4) is 5.75 Å². The minimum Gasteiger partial charge on any atom is -0.483 e. The topological polar surface area (TPSA) is 112 Å². The smallest absolute Gasteiger partial charge is 0.258 e. The number of hydrogen-bond acceptors (Lipinski definition) is 7. The largest absolute Gasteiger partial charge is 0.483 e. The number of hydrogen-bond donors (Lipinski definition) is 2. The summed E-state index contributed by atoms with van der Waals surface area (Å²) in [6.45, 7) is -5.24. The van der Waals surface area contributed by atoms with Crippen molar-refractivity contribution < 1.29 is 27.7 Å². The highest BCUT2D eigenvalue weighted by atomic mass is 16.5. The number of nitrogens with one attached hydrogen (secondary N) is 1. The molecule has 2 aromatic heterocycles. The minimum atomic E-state index is -2.59. The second-order valence-electron chi connectivity index (χ2n) is 10.2. The molecule has 10 nitrogen and oxygen atoms in total. The molecule has 0 radical (unpaired) electrons. The molecule has 1 aromatic carbocycles. The molecule has 2 amide bonds. The number of likely N-dealkylation sites (N-methyl/N-ethyl adjacent to an activating group) is 1. The van der Waals surface area contributed by atoms with Crippen LogP contribution in [0.15, 0.2) is 30.3 Å². The summed E-state index contributed by atoms with van der Waals surface area (Å²) in [5.74, 6) is -0.710. The number of benzene rings is 1. The maximum absolute atomic E-state index is 14.2. The predicted octanol–water partition coefficient (Wildman–Crippen LogP) is 2.59. The summed E-state index contributed by atoms with van der Waals surface area (Å²) >= 11 is 0. The average Bonchev–Trinajstić information content (AvgIpc) is 3.38. The van der Waals surface area contributed by atoms with Crippen LogP contribution in [0.25, 0.3) is 5.65 Å². The van der Waals surface area contributed by atoms with Gasteiger partial charge in [-0.25, -0.2) is 4.98 Å². The SMILES string of the molecule is [2H]C([2H])([2H])c1ccc2c(c1)C(=O)N1CCCCC1c1cc3nc(C4CC(O)C4)cc(n3n1)N(C([2H])([2H])[2H])CCNC(=O)CO2. The van der Waals surface area contributed by atoms with Crippen molar-refractivity contribution in [2.75, 3.05) is 38.1 Å². The number of carbonyl (C=O) groups is 2. The third kappa shape index (κ3) is 4.57. The Bertz CT molecular complexity index is 1590. The molecule has 2 N–H and O–H groups in total. The van der Waals surface area contributed by atoms with Gasteiger partial charge < -0.3 is 25.0 Å². The first-order valence-electron chi connectivity index (χ1n) is 16.0. The number of aliphatic hydroxyl groups is 1. The van der Waals surface area contributed by atoms with Crippen LogP contribution in [0.5, 0.6) is 5.75 Å². The molecule has 3 aliphatic rings. The van der Waals surface area contributed by atoms with Crippen LogP contribution in [0, 0.1) is 6.85 Å². The van der Waals surface area contributed by atoms with E-state index in [1.54, 1.807) is 17.0 Å². The standard InChI is InChI=1S/C28H34N6O4/c1-17-6-7-24-20(11-17)28(37)33-9-4-3-5-23(33)22-14-25-30-21(18-12-19(35)13-18)15-27(34(25)31-22)32(2)10-8-29-26(36)16-38-24/h6-7,11,14-15,18-19,23,35H,3-5,8-10,12-13,16H2,1-2H3,(H,29,36)/i1D3,2D3. The van der Waals surface area contributed by atoms with E-state index in [-0.39, 0.29) is 41.7 Å². The normalized spacial score (nSPS) is 27.4. The van der Waals surface area contributed by atoms with E-state index in [1.165, 1.54) is 27.6 Å². The van der Waals surface area contributed by atoms with Gasteiger partial charge in [0.25, 0.3) is 11.8 Å². The second-order valence-corrected chi connectivity index (χ2v) is 10.2. The molecule has 3 aromatic rings. The van der Waals surface area contributed by atoms with Gasteiger partial charge in [-0.2, -0.15) is 9.61 Å². The van der Waals surface area contributed by atoms with E-state index < -0.39 is 44.4 Å². The third-order valence-electron chi connectivity index (χ3n) is 7.59. The van der Waals surface area contributed by atoms with Gasteiger partial charge in [0.15, 0.2) is 12.3 Å². The number of aromatic nitrogens is 3. The van der Waals surface area contributed by atoms with Gasteiger partial charge in [0, 0.05) is 58.6 Å². The number of piperidine rings is 1. The van der Waals surface area contributed by atoms with Crippen LogP contribution in [-0.2, 0) is 4.79 Å². The quantitative estimate of drug-likeness (QED) is 0.503. The van der Waals surface area contributed by atoms with Gasteiger partial charge in [-0.1, -0.05) is 11.6 Å². The van der Waals surface area contributed by atoms with Crippen LogP contribution >= 0.6 is 0 Å². The van der Waals surface area contributed by atoms with Gasteiger partial charge in [-0.3, -0.25) is 9.59 Å². The maximum Gasteiger partial charge on any atom is 0.258 e. The van der Waals surface area contributed by atoms with E-state index in [2.05, 4.69) is 5.32 Å². The molecule has 0 spiro atoms. The number of fused-ring (bicyclic) bond motifs is 4. The number of amides is 2. The zero-order chi connectivity index (χ0) is 31.4. The first-order chi connectivity index (χ1) is 20.8. The first-order valence-corrected chi connectivity index (χ1v) is 13.0. The molecule has 1 unspecified atom stereocenters. The Hall–Kier alpha value is -3.66. The fourth-order valence-corrected chi connectivity index (χ4v) is 5.46. The lowest BCUT2D eigenvalue weighted by Crippen LogP contribution is -2.39. The van der Waals surface area contributed by atoms with Gasteiger partial charge >= 0.3 is 0 Å². The number of carbonyl (C=O) groups excluding carboxylic acids is 2. The van der Waals surface area contributed by atoms with Crippen LogP contribution in [-0.4, -0.2) is 75.7 Å². The molecular formula is C28H34N6O4. The molecule has 1 aliphatic carbocycles. The summed E-state index contributed by atoms with van der Waals surface area (Å²) in [6.07, 6.45) is 2.69. The van der Waals surface area contributed by atoms with Gasteiger partial charge in [0.2, 0.25) is 0 Å². The molecule has 200 valence electrons. The summed E-state index contributed by atoms with van der Waals surface area (Å²) in [7, 11) is 0. The lowest BCUT2D eigenvalue weighted by Gasteiger charge is -2.35. The van der Waals surface area contributed by atoms with Crippen molar-refractivity contribution in [1.82, 2.24) is 24.8 Å². The predicted molar refractivity (Wildman–Crippen MR) is 142 cm³/mol. The van der Waals surface area contributed by atoms with Crippen LogP contribution in [0.1, 0.15) is 79.6 Å². The zero-order valence-corrected chi connectivity index (χ0v) is 20.9. The van der Waals surface area contributed by atoms with Crippen molar-refractivity contribution in [3.63, 3.8) is 0 Å². The van der Waals surface area contributed by atoms with Gasteiger partial charge in [0.1, 0.15) is 11.6 Å². The Kier molecular flexibility index (Phi) is 4.84. The molecule has 10 heteroatoms. The summed E-state index contributed by atoms with van der Waals surface area (Å²) in [5, 5.41) is 17.4. The highest BCUT2D eigenvalue weighted by molar-refractivity contribution is 5.97. The number of nitrogens with zero attached hydrogens (tertiary/aromatic N) is 5. The lowest BCUT2D eigenvalue weighted by atomic mass is 9.80. The van der Waals surface area contributed by atoms with E-state index in [9.17, 15) is 14.7 Å². The Morgan fingerprint density at radius 1 is 1.13 bits per heavy atom. The highest BCUT2D eigenvalue weighted by Crippen LogP contribution is 2.38. The second kappa shape index (κ2) is 9.90. The molecule has 4 heterocycles. The molecule has 2 fully saturated rings. The summed E-state index contributed by atoms with van der Waals surface area (Å²) in [5.41, 5.74) is 1.57. The van der Waals surface area contributed by atoms with Crippen molar-refractivity contribution >= 4 is 23.3 Å². The van der Waals surface area contributed by atoms with E-state index in [1.807, 2.05) is 0 Å². The van der Waals surface area contributed by atoms with Crippen LogP contribution in [0.4, 0.5) is 5.82 Å². The molecule has 1 saturated carbocycles. The van der Waals surface area contributed by atoms with E-state index in [0.29, 0.717) is 42.8 Å². The van der Waals surface area contributed by atoms with Crippen LogP contribution in [0.2, 0.25) is 0 Å². The molecule has 2 aliphatic heterocycles. The molecule has 1 atom stereocenters. The van der Waals surface area contributed by atoms with Gasteiger partial charge in [-0.15, -0.1) is 0 Å². The Morgan fingerprint density at radius 2 is 2.03 bits per heavy atom. The number of aliphatic hydroxyl groups excluding tert-OH is 1. The monoisotopic (exact) mass is 524 g/mol. The van der Waals surface area contributed by atoms with Gasteiger partial charge in [-0.05, 0) is 51.1 Å². The Morgan fingerprint density at radius 3 is 2.84 bits per heavy atom. The summed E-state index contributed by atoms with van der Waals surface area (Å²) in [6, 6.07) is 6.98. The fraction of sp³-hybridized carbons (Fsp3) is 0.500. The Balaban J connectivity index is 1.50. The van der Waals surface area contributed by atoms with Crippen molar-refractivity contribution in [2.45, 2.75) is 57.0 Å². The summed E-state index contributed by atoms with van der Waals surface area (Å²) in [4.78, 5) is 34.5. The fourth-order valence-electron chi connectivity index (χ4n) is 5.46. The van der Waals surface area contributed by atoms with E-state index in [0.717, 1.165) is 12.8 Å². The van der Waals surface area contributed by atoms with E-state index in [4.69, 9.17) is 23.0 Å².